The molecule has 0 unspecified atom stereocenters. The SMILES string of the molecule is CCCCCCCCOC(=O)[C@H](CCc1ccccc1)N[C@@H](CCCCN)C(=O)N1CCC[C@H]1C(=O)OC(CO)CO. The number of rotatable bonds is 22. The number of esters is 2. The molecule has 0 saturated carbocycles. The van der Waals surface area contributed by atoms with Gasteiger partial charge in [-0.1, -0.05) is 75.8 Å². The summed E-state index contributed by atoms with van der Waals surface area (Å²) in [5, 5.41) is 22.0. The van der Waals surface area contributed by atoms with Crippen molar-refractivity contribution in [1.29, 1.82) is 0 Å². The maximum absolute atomic E-state index is 13.9. The second kappa shape index (κ2) is 21.2. The summed E-state index contributed by atoms with van der Waals surface area (Å²) in [5.74, 6) is -1.29. The molecule has 0 aromatic heterocycles. The minimum atomic E-state index is -1.03. The van der Waals surface area contributed by atoms with Crippen LogP contribution in [0.4, 0.5) is 0 Å². The van der Waals surface area contributed by atoms with E-state index in [-0.39, 0.29) is 11.9 Å². The van der Waals surface area contributed by atoms with Crippen LogP contribution >= 0.6 is 0 Å². The summed E-state index contributed by atoms with van der Waals surface area (Å²) < 4.78 is 10.9. The number of benzene rings is 1. The predicted octanol–water partition coefficient (Wildman–Crippen LogP) is 2.87. The van der Waals surface area contributed by atoms with E-state index in [2.05, 4.69) is 12.2 Å². The van der Waals surface area contributed by atoms with E-state index in [9.17, 15) is 24.6 Å². The van der Waals surface area contributed by atoms with E-state index in [1.807, 2.05) is 30.3 Å². The van der Waals surface area contributed by atoms with Crippen molar-refractivity contribution in [1.82, 2.24) is 10.2 Å². The van der Waals surface area contributed by atoms with Crippen LogP contribution in [0.1, 0.15) is 89.5 Å². The molecule has 3 atom stereocenters. The number of hydrogen-bond donors (Lipinski definition) is 4. The van der Waals surface area contributed by atoms with Gasteiger partial charge in [-0.2, -0.15) is 0 Å². The monoisotopic (exact) mass is 591 g/mol. The largest absolute Gasteiger partial charge is 0.465 e. The maximum Gasteiger partial charge on any atom is 0.329 e. The normalized spacial score (nSPS) is 16.4. The molecule has 0 radical (unpaired) electrons. The lowest BCUT2D eigenvalue weighted by molar-refractivity contribution is -0.162. The van der Waals surface area contributed by atoms with Crippen LogP contribution in [0.15, 0.2) is 30.3 Å². The van der Waals surface area contributed by atoms with Crippen molar-refractivity contribution in [3.05, 3.63) is 35.9 Å². The number of nitrogens with two attached hydrogens (primary N) is 1. The Morgan fingerprint density at radius 2 is 1.69 bits per heavy atom. The molecule has 0 bridgehead atoms. The first-order valence-electron chi connectivity index (χ1n) is 15.8. The molecular formula is C32H53N3O7. The first-order valence-corrected chi connectivity index (χ1v) is 15.8. The standard InChI is InChI=1S/C32H53N3O7/c1-2-3-4-5-6-12-22-41-31(39)28(19-18-25-14-8-7-9-15-25)34-27(16-10-11-20-33)30(38)35-21-13-17-29(35)32(40)42-26(23-36)24-37/h7-9,14-15,26-29,34,36-37H,2-6,10-13,16-24,33H2,1H3/t27-,28-,29-/m0/s1. The van der Waals surface area contributed by atoms with E-state index >= 15 is 0 Å². The predicted molar refractivity (Wildman–Crippen MR) is 162 cm³/mol. The molecule has 1 heterocycles. The van der Waals surface area contributed by atoms with Crippen LogP contribution < -0.4 is 11.1 Å². The number of ether oxygens (including phenoxy) is 2. The molecule has 10 heteroatoms. The fraction of sp³-hybridized carbons (Fsp3) is 0.719. The molecule has 1 aromatic rings. The topological polar surface area (TPSA) is 151 Å². The highest BCUT2D eigenvalue weighted by Gasteiger charge is 2.39. The van der Waals surface area contributed by atoms with Crippen molar-refractivity contribution in [2.75, 3.05) is 32.9 Å². The Bertz CT molecular complexity index is 897. The maximum atomic E-state index is 13.9. The molecule has 1 fully saturated rings. The van der Waals surface area contributed by atoms with Gasteiger partial charge in [-0.25, -0.2) is 4.79 Å². The second-order valence-corrected chi connectivity index (χ2v) is 11.1. The van der Waals surface area contributed by atoms with Crippen LogP contribution in [0.2, 0.25) is 0 Å². The number of carbonyl (C=O) groups is 3. The Kier molecular flexibility index (Phi) is 18.0. The van der Waals surface area contributed by atoms with Gasteiger partial charge in [0.05, 0.1) is 25.9 Å². The van der Waals surface area contributed by atoms with Crippen molar-refractivity contribution >= 4 is 17.8 Å². The molecule has 1 aliphatic rings. The van der Waals surface area contributed by atoms with E-state index in [1.54, 1.807) is 0 Å². The van der Waals surface area contributed by atoms with Crippen molar-refractivity contribution in [2.24, 2.45) is 5.73 Å². The number of aliphatic hydroxyl groups excluding tert-OH is 2. The molecule has 238 valence electrons. The lowest BCUT2D eigenvalue weighted by Crippen LogP contribution is -2.55. The van der Waals surface area contributed by atoms with Gasteiger partial charge in [0.2, 0.25) is 5.91 Å². The number of likely N-dealkylation sites (tertiary alicyclic amines) is 1. The Morgan fingerprint density at radius 3 is 2.38 bits per heavy atom. The van der Waals surface area contributed by atoms with Crippen LogP contribution in [0.3, 0.4) is 0 Å². The van der Waals surface area contributed by atoms with Crippen molar-refractivity contribution in [3.63, 3.8) is 0 Å². The Hall–Kier alpha value is -2.53. The zero-order chi connectivity index (χ0) is 30.6. The summed E-state index contributed by atoms with van der Waals surface area (Å²) in [6.07, 6.45) is 9.49. The summed E-state index contributed by atoms with van der Waals surface area (Å²) >= 11 is 0. The third-order valence-electron chi connectivity index (χ3n) is 7.74. The minimum Gasteiger partial charge on any atom is -0.465 e. The highest BCUT2D eigenvalue weighted by atomic mass is 16.6. The highest BCUT2D eigenvalue weighted by molar-refractivity contribution is 5.89. The van der Waals surface area contributed by atoms with Crippen LogP contribution in [0.5, 0.6) is 0 Å². The molecule has 1 aromatic carbocycles. The third kappa shape index (κ3) is 12.8. The Morgan fingerprint density at radius 1 is 0.976 bits per heavy atom. The molecule has 2 rings (SSSR count). The highest BCUT2D eigenvalue weighted by Crippen LogP contribution is 2.22. The van der Waals surface area contributed by atoms with Crippen molar-refractivity contribution < 1.29 is 34.1 Å². The average molecular weight is 592 g/mol. The molecule has 0 aliphatic carbocycles. The van der Waals surface area contributed by atoms with Gasteiger partial charge in [-0.15, -0.1) is 0 Å². The van der Waals surface area contributed by atoms with E-state index in [4.69, 9.17) is 15.2 Å². The van der Waals surface area contributed by atoms with Gasteiger partial charge in [0.25, 0.3) is 0 Å². The van der Waals surface area contributed by atoms with E-state index in [0.717, 1.165) is 31.2 Å². The van der Waals surface area contributed by atoms with Gasteiger partial charge in [-0.05, 0) is 57.1 Å². The molecule has 1 aliphatic heterocycles. The van der Waals surface area contributed by atoms with Crippen LogP contribution in [-0.4, -0.2) is 90.1 Å². The summed E-state index contributed by atoms with van der Waals surface area (Å²) in [4.78, 5) is 41.5. The molecule has 1 amide bonds. The fourth-order valence-electron chi connectivity index (χ4n) is 5.25. The average Bonchev–Trinajstić information content (AvgIpc) is 3.51. The second-order valence-electron chi connectivity index (χ2n) is 11.1. The van der Waals surface area contributed by atoms with E-state index in [1.165, 1.54) is 24.2 Å². The van der Waals surface area contributed by atoms with E-state index in [0.29, 0.717) is 58.2 Å². The van der Waals surface area contributed by atoms with Gasteiger partial charge in [0.1, 0.15) is 18.2 Å². The van der Waals surface area contributed by atoms with Gasteiger partial charge in [0.15, 0.2) is 0 Å². The summed E-state index contributed by atoms with van der Waals surface area (Å²) in [5.41, 5.74) is 6.81. The number of aliphatic hydroxyl groups is 2. The Balaban J connectivity index is 2.13. The quantitative estimate of drug-likeness (QED) is 0.118. The van der Waals surface area contributed by atoms with Gasteiger partial charge in [-0.3, -0.25) is 14.9 Å². The lowest BCUT2D eigenvalue weighted by Gasteiger charge is -2.31. The summed E-state index contributed by atoms with van der Waals surface area (Å²) in [7, 11) is 0. The van der Waals surface area contributed by atoms with Crippen molar-refractivity contribution in [2.45, 2.75) is 115 Å². The van der Waals surface area contributed by atoms with Gasteiger partial charge in [0, 0.05) is 6.54 Å². The van der Waals surface area contributed by atoms with Gasteiger partial charge < -0.3 is 30.3 Å². The minimum absolute atomic E-state index is 0.274. The van der Waals surface area contributed by atoms with Crippen LogP contribution in [0, 0.1) is 0 Å². The number of unbranched alkanes of at least 4 members (excludes halogenated alkanes) is 6. The third-order valence-corrected chi connectivity index (χ3v) is 7.74. The summed E-state index contributed by atoms with van der Waals surface area (Å²) in [6.45, 7) is 2.38. The Labute approximate surface area is 251 Å². The van der Waals surface area contributed by atoms with Gasteiger partial charge >= 0.3 is 11.9 Å². The zero-order valence-corrected chi connectivity index (χ0v) is 25.4. The van der Waals surface area contributed by atoms with Crippen molar-refractivity contribution in [3.8, 4) is 0 Å². The van der Waals surface area contributed by atoms with Crippen LogP contribution in [-0.2, 0) is 30.3 Å². The number of aryl methyl sites for hydroxylation is 1. The number of amides is 1. The number of nitrogens with one attached hydrogen (secondary N) is 1. The smallest absolute Gasteiger partial charge is 0.329 e. The number of nitrogens with zero attached hydrogens (tertiary/aromatic N) is 1. The fourth-order valence-corrected chi connectivity index (χ4v) is 5.25. The number of hydrogen-bond acceptors (Lipinski definition) is 9. The summed E-state index contributed by atoms with van der Waals surface area (Å²) in [6, 6.07) is 7.67. The van der Waals surface area contributed by atoms with Crippen LogP contribution in [0.25, 0.3) is 0 Å². The lowest BCUT2D eigenvalue weighted by atomic mass is 10.0. The zero-order valence-electron chi connectivity index (χ0n) is 25.4. The molecule has 0 spiro atoms. The first-order chi connectivity index (χ1) is 20.4. The van der Waals surface area contributed by atoms with E-state index < -0.39 is 43.4 Å². The molecule has 1 saturated heterocycles. The molecule has 42 heavy (non-hydrogen) atoms. The first kappa shape index (κ1) is 35.7. The molecule has 10 nitrogen and oxygen atoms in total. The number of carbonyl (C=O) groups excluding carboxylic acids is 3. The molecule has 5 N–H and O–H groups in total. The molecular weight excluding hydrogens is 538 g/mol.